The summed E-state index contributed by atoms with van der Waals surface area (Å²) >= 11 is 1.97. The fraction of sp³-hybridized carbons (Fsp3) is 0.875. The number of amides is 2. The summed E-state index contributed by atoms with van der Waals surface area (Å²) in [6, 6.07) is 0.744. The van der Waals surface area contributed by atoms with Crippen LogP contribution in [0.1, 0.15) is 13.8 Å². The van der Waals surface area contributed by atoms with E-state index in [9.17, 15) is 4.79 Å². The van der Waals surface area contributed by atoms with E-state index in [4.69, 9.17) is 0 Å². The zero-order chi connectivity index (χ0) is 8.72. The summed E-state index contributed by atoms with van der Waals surface area (Å²) in [6.45, 7) is 4.43. The van der Waals surface area contributed by atoms with Gasteiger partial charge >= 0.3 is 6.03 Å². The minimum atomic E-state index is 0.0101. The molecule has 0 spiro atoms. The molecule has 3 atom stereocenters. The van der Waals surface area contributed by atoms with Crippen molar-refractivity contribution >= 4 is 17.8 Å². The lowest BCUT2D eigenvalue weighted by Crippen LogP contribution is -2.39. The van der Waals surface area contributed by atoms with Crippen LogP contribution in [-0.2, 0) is 0 Å². The molecule has 0 saturated carbocycles. The Balaban J connectivity index is 2.08. The number of carbonyl (C=O) groups is 1. The van der Waals surface area contributed by atoms with Gasteiger partial charge in [-0.05, 0) is 5.92 Å². The number of hydrogen-bond donors (Lipinski definition) is 2. The third-order valence-electron chi connectivity index (χ3n) is 2.53. The molecule has 68 valence electrons. The molecular formula is C8H14N2OS. The van der Waals surface area contributed by atoms with Crippen LogP contribution in [0.25, 0.3) is 0 Å². The minimum absolute atomic E-state index is 0.0101. The largest absolute Gasteiger partial charge is 0.332 e. The van der Waals surface area contributed by atoms with Crippen LogP contribution < -0.4 is 10.6 Å². The van der Waals surface area contributed by atoms with Crippen molar-refractivity contribution in [3.05, 3.63) is 0 Å². The van der Waals surface area contributed by atoms with E-state index in [2.05, 4.69) is 24.5 Å². The van der Waals surface area contributed by atoms with Gasteiger partial charge in [-0.25, -0.2) is 4.79 Å². The Bertz CT molecular complexity index is 207. The topological polar surface area (TPSA) is 41.1 Å². The second-order valence-electron chi connectivity index (χ2n) is 3.79. The molecule has 2 heterocycles. The Hall–Kier alpha value is -0.380. The van der Waals surface area contributed by atoms with Gasteiger partial charge in [-0.1, -0.05) is 13.8 Å². The molecule has 0 bridgehead atoms. The summed E-state index contributed by atoms with van der Waals surface area (Å²) in [4.78, 5) is 11.0. The molecule has 1 unspecified atom stereocenters. The minimum Gasteiger partial charge on any atom is -0.332 e. The van der Waals surface area contributed by atoms with Gasteiger partial charge in [-0.3, -0.25) is 0 Å². The lowest BCUT2D eigenvalue weighted by Gasteiger charge is -2.19. The second kappa shape index (κ2) is 2.83. The van der Waals surface area contributed by atoms with Crippen LogP contribution in [0.5, 0.6) is 0 Å². The average molecular weight is 186 g/mol. The summed E-state index contributed by atoms with van der Waals surface area (Å²) in [5, 5.41) is 6.50. The third kappa shape index (κ3) is 1.18. The van der Waals surface area contributed by atoms with Crippen LogP contribution in [0.4, 0.5) is 4.79 Å². The van der Waals surface area contributed by atoms with Gasteiger partial charge in [0.25, 0.3) is 0 Å². The molecule has 0 aromatic rings. The van der Waals surface area contributed by atoms with E-state index < -0.39 is 0 Å². The van der Waals surface area contributed by atoms with Crippen LogP contribution in [0.3, 0.4) is 0 Å². The second-order valence-corrected chi connectivity index (χ2v) is 5.00. The Kier molecular flexibility index (Phi) is 1.94. The predicted molar refractivity (Wildman–Crippen MR) is 50.3 cm³/mol. The van der Waals surface area contributed by atoms with E-state index in [0.29, 0.717) is 23.3 Å². The summed E-state index contributed by atoms with van der Waals surface area (Å²) in [5.74, 6) is 1.71. The first-order chi connectivity index (χ1) is 5.68. The van der Waals surface area contributed by atoms with Crippen LogP contribution >= 0.6 is 11.8 Å². The normalized spacial score (nSPS) is 39.6. The van der Waals surface area contributed by atoms with Gasteiger partial charge in [-0.2, -0.15) is 11.8 Å². The predicted octanol–water partition coefficient (Wildman–Crippen LogP) is 0.808. The van der Waals surface area contributed by atoms with Crippen molar-refractivity contribution in [1.82, 2.24) is 10.6 Å². The fourth-order valence-electron chi connectivity index (χ4n) is 1.93. The third-order valence-corrected chi connectivity index (χ3v) is 4.30. The molecule has 2 N–H and O–H groups in total. The molecule has 0 aromatic carbocycles. The molecule has 2 fully saturated rings. The van der Waals surface area contributed by atoms with Crippen molar-refractivity contribution in [2.24, 2.45) is 5.92 Å². The van der Waals surface area contributed by atoms with Gasteiger partial charge in [0.15, 0.2) is 0 Å². The molecular weight excluding hydrogens is 172 g/mol. The Morgan fingerprint density at radius 1 is 1.50 bits per heavy atom. The molecule has 3 nitrogen and oxygen atoms in total. The number of fused-ring (bicyclic) bond motifs is 1. The van der Waals surface area contributed by atoms with E-state index in [1.165, 1.54) is 0 Å². The first kappa shape index (κ1) is 8.23. The molecule has 0 aliphatic carbocycles. The number of urea groups is 1. The van der Waals surface area contributed by atoms with Gasteiger partial charge in [0.1, 0.15) is 0 Å². The van der Waals surface area contributed by atoms with E-state index in [1.54, 1.807) is 0 Å². The Labute approximate surface area is 76.7 Å². The van der Waals surface area contributed by atoms with E-state index in [0.717, 1.165) is 5.75 Å². The Morgan fingerprint density at radius 2 is 2.25 bits per heavy atom. The maximum atomic E-state index is 11.0. The molecule has 2 aliphatic heterocycles. The monoisotopic (exact) mass is 186 g/mol. The lowest BCUT2D eigenvalue weighted by molar-refractivity contribution is 0.246. The van der Waals surface area contributed by atoms with Crippen LogP contribution in [0, 0.1) is 5.92 Å². The number of rotatable bonds is 1. The van der Waals surface area contributed by atoms with Gasteiger partial charge in [0, 0.05) is 11.0 Å². The summed E-state index contributed by atoms with van der Waals surface area (Å²) in [6.07, 6.45) is 0. The highest BCUT2D eigenvalue weighted by Crippen LogP contribution is 2.34. The maximum Gasteiger partial charge on any atom is 0.315 e. The van der Waals surface area contributed by atoms with Gasteiger partial charge in [-0.15, -0.1) is 0 Å². The zero-order valence-corrected chi connectivity index (χ0v) is 8.15. The summed E-state index contributed by atoms with van der Waals surface area (Å²) < 4.78 is 0. The summed E-state index contributed by atoms with van der Waals surface area (Å²) in [5.41, 5.74) is 0. The van der Waals surface area contributed by atoms with Gasteiger partial charge in [0.2, 0.25) is 0 Å². The molecule has 0 radical (unpaired) electrons. The van der Waals surface area contributed by atoms with Crippen molar-refractivity contribution in [3.8, 4) is 0 Å². The maximum absolute atomic E-state index is 11.0. The molecule has 0 aromatic heterocycles. The number of hydrogen-bond acceptors (Lipinski definition) is 2. The molecule has 4 heteroatoms. The standard InChI is InChI=1S/C8H14N2OS/c1-4(2)7-6-5(3-12-7)9-8(11)10-6/h4-7H,3H2,1-2H3,(H2,9,10,11)/t5-,6-,7?/m1/s1. The highest BCUT2D eigenvalue weighted by Gasteiger charge is 2.43. The lowest BCUT2D eigenvalue weighted by atomic mass is 10.00. The highest BCUT2D eigenvalue weighted by atomic mass is 32.2. The van der Waals surface area contributed by atoms with Crippen molar-refractivity contribution in [2.45, 2.75) is 31.2 Å². The van der Waals surface area contributed by atoms with Crippen molar-refractivity contribution < 1.29 is 4.79 Å². The SMILES string of the molecule is CC(C)C1SC[C@H]2NC(=O)N[C@@H]12. The van der Waals surface area contributed by atoms with Crippen molar-refractivity contribution in [1.29, 1.82) is 0 Å². The molecule has 2 saturated heterocycles. The van der Waals surface area contributed by atoms with E-state index >= 15 is 0 Å². The Morgan fingerprint density at radius 3 is 2.92 bits per heavy atom. The number of thioether (sulfide) groups is 1. The van der Waals surface area contributed by atoms with Crippen molar-refractivity contribution in [3.63, 3.8) is 0 Å². The molecule has 12 heavy (non-hydrogen) atoms. The van der Waals surface area contributed by atoms with E-state index in [1.807, 2.05) is 11.8 Å². The van der Waals surface area contributed by atoms with Gasteiger partial charge < -0.3 is 10.6 Å². The van der Waals surface area contributed by atoms with Crippen LogP contribution in [-0.4, -0.2) is 29.1 Å². The van der Waals surface area contributed by atoms with E-state index in [-0.39, 0.29) is 6.03 Å². The summed E-state index contributed by atoms with van der Waals surface area (Å²) in [7, 11) is 0. The fourth-order valence-corrected chi connectivity index (χ4v) is 3.50. The van der Waals surface area contributed by atoms with Crippen molar-refractivity contribution in [2.75, 3.05) is 5.75 Å². The first-order valence-corrected chi connectivity index (χ1v) is 5.42. The van der Waals surface area contributed by atoms with Crippen LogP contribution in [0.2, 0.25) is 0 Å². The molecule has 2 rings (SSSR count). The smallest absolute Gasteiger partial charge is 0.315 e. The number of nitrogens with one attached hydrogen (secondary N) is 2. The average Bonchev–Trinajstić information content (AvgIpc) is 2.43. The highest BCUT2D eigenvalue weighted by molar-refractivity contribution is 8.00. The zero-order valence-electron chi connectivity index (χ0n) is 7.33. The first-order valence-electron chi connectivity index (χ1n) is 4.37. The van der Waals surface area contributed by atoms with Crippen LogP contribution in [0.15, 0.2) is 0 Å². The quantitative estimate of drug-likeness (QED) is 0.595. The van der Waals surface area contributed by atoms with Gasteiger partial charge in [0.05, 0.1) is 12.1 Å². The molecule has 2 amide bonds. The number of carbonyl (C=O) groups excluding carboxylic acids is 1. The molecule has 2 aliphatic rings.